The second-order valence-corrected chi connectivity index (χ2v) is 13.3. The van der Waals surface area contributed by atoms with Crippen LogP contribution in [-0.2, 0) is 38.3 Å². The molecule has 0 saturated carbocycles. The Kier molecular flexibility index (Phi) is 9.48. The molecule has 0 N–H and O–H groups in total. The third-order valence-electron chi connectivity index (χ3n) is 8.04. The fourth-order valence-electron chi connectivity index (χ4n) is 6.05. The van der Waals surface area contributed by atoms with Crippen LogP contribution in [0.3, 0.4) is 0 Å². The van der Waals surface area contributed by atoms with Gasteiger partial charge in [-0.05, 0) is 50.3 Å². The monoisotopic (exact) mass is 550 g/mol. The lowest BCUT2D eigenvalue weighted by Gasteiger charge is -2.37. The van der Waals surface area contributed by atoms with Gasteiger partial charge in [0.15, 0.2) is 15.6 Å². The highest BCUT2D eigenvalue weighted by molar-refractivity contribution is 7.91. The Hall–Kier alpha value is -1.62. The zero-order valence-corrected chi connectivity index (χ0v) is 23.7. The van der Waals surface area contributed by atoms with Gasteiger partial charge in [0.25, 0.3) is 0 Å². The summed E-state index contributed by atoms with van der Waals surface area (Å²) in [6.07, 6.45) is 2.13. The molecule has 0 radical (unpaired) electrons. The van der Waals surface area contributed by atoms with Crippen LogP contribution in [0, 0.1) is 11.8 Å². The maximum Gasteiger partial charge on any atom is 0.178 e. The van der Waals surface area contributed by atoms with Crippen molar-refractivity contribution in [2.75, 3.05) is 19.5 Å². The molecule has 3 fully saturated rings. The summed E-state index contributed by atoms with van der Waals surface area (Å²) in [6, 6.07) is 8.50. The highest BCUT2D eigenvalue weighted by Crippen LogP contribution is 2.41. The Labute approximate surface area is 226 Å². The average molecular weight is 551 g/mol. The van der Waals surface area contributed by atoms with Gasteiger partial charge in [0, 0.05) is 32.3 Å². The molecule has 1 aromatic carbocycles. The van der Waals surface area contributed by atoms with Crippen LogP contribution >= 0.6 is 0 Å². The number of sulfone groups is 1. The number of ether oxygens (including phenoxy) is 5. The standard InChI is InChI=1S/C29H42O8S/c1-19-14-21(10-9-13-30)35-25(20(19)2)16-26-24(18-38(31,32)23-11-7-6-8-12-23)28(33-5)27(36-26)15-22-17-34-29(3,4)37-22/h6-8,11-13,19,21-22,24-28H,2,9-10,14-18H2,1,3-5H3/t19-,21+,22?,24+,25?,26+,27-,28-/m1/s1. The molecule has 8 atom stereocenters. The van der Waals surface area contributed by atoms with Gasteiger partial charge in [-0.3, -0.25) is 0 Å². The summed E-state index contributed by atoms with van der Waals surface area (Å²) in [6.45, 7) is 10.6. The predicted octanol–water partition coefficient (Wildman–Crippen LogP) is 4.12. The van der Waals surface area contributed by atoms with E-state index >= 15 is 0 Å². The number of benzene rings is 1. The molecule has 0 amide bonds. The van der Waals surface area contributed by atoms with Gasteiger partial charge in [-0.1, -0.05) is 31.7 Å². The van der Waals surface area contributed by atoms with E-state index in [2.05, 4.69) is 13.5 Å². The SMILES string of the molecule is C=C1C(C[C@@H]2O[C@H](CC3COC(C)(C)O3)[C@H](OC)[C@H]2CS(=O)(=O)c2ccccc2)O[C@@H](CCC=O)C[C@H]1C. The van der Waals surface area contributed by atoms with Gasteiger partial charge >= 0.3 is 0 Å². The number of carbonyl (C=O) groups is 1. The van der Waals surface area contributed by atoms with Crippen LogP contribution in [-0.4, -0.2) is 76.6 Å². The normalized spacial score (nSPS) is 35.4. The minimum Gasteiger partial charge on any atom is -0.378 e. The molecule has 8 nitrogen and oxygen atoms in total. The van der Waals surface area contributed by atoms with Crippen molar-refractivity contribution >= 4 is 16.1 Å². The summed E-state index contributed by atoms with van der Waals surface area (Å²) in [5.74, 6) is -0.944. The van der Waals surface area contributed by atoms with Gasteiger partial charge in [-0.2, -0.15) is 0 Å². The summed E-state index contributed by atoms with van der Waals surface area (Å²) < 4.78 is 57.6. The van der Waals surface area contributed by atoms with Crippen molar-refractivity contribution in [1.82, 2.24) is 0 Å². The molecular formula is C29H42O8S. The molecule has 212 valence electrons. The minimum atomic E-state index is -3.59. The molecular weight excluding hydrogens is 508 g/mol. The van der Waals surface area contributed by atoms with Crippen molar-refractivity contribution in [3.05, 3.63) is 42.5 Å². The number of carbonyl (C=O) groups excluding carboxylic acids is 1. The Morgan fingerprint density at radius 2 is 1.84 bits per heavy atom. The number of hydrogen-bond donors (Lipinski definition) is 0. The molecule has 1 aromatic rings. The lowest BCUT2D eigenvalue weighted by atomic mass is 9.83. The number of hydrogen-bond acceptors (Lipinski definition) is 8. The Morgan fingerprint density at radius 3 is 2.47 bits per heavy atom. The third-order valence-corrected chi connectivity index (χ3v) is 9.85. The molecule has 4 rings (SSSR count). The first-order valence-corrected chi connectivity index (χ1v) is 15.2. The zero-order chi connectivity index (χ0) is 27.5. The number of methoxy groups -OCH3 is 1. The average Bonchev–Trinajstić information content (AvgIpc) is 3.38. The molecule has 3 aliphatic rings. The van der Waals surface area contributed by atoms with E-state index in [1.807, 2.05) is 13.8 Å². The van der Waals surface area contributed by atoms with Gasteiger partial charge in [-0.25, -0.2) is 8.42 Å². The summed E-state index contributed by atoms with van der Waals surface area (Å²) in [5, 5.41) is 0. The maximum atomic E-state index is 13.5. The smallest absolute Gasteiger partial charge is 0.178 e. The van der Waals surface area contributed by atoms with Crippen LogP contribution in [0.25, 0.3) is 0 Å². The quantitative estimate of drug-likeness (QED) is 0.300. The largest absolute Gasteiger partial charge is 0.378 e. The molecule has 0 aliphatic carbocycles. The summed E-state index contributed by atoms with van der Waals surface area (Å²) in [4.78, 5) is 11.2. The molecule has 9 heteroatoms. The number of rotatable bonds is 11. The fraction of sp³-hybridized carbons (Fsp3) is 0.690. The van der Waals surface area contributed by atoms with E-state index in [1.54, 1.807) is 37.4 Å². The van der Waals surface area contributed by atoms with Crippen molar-refractivity contribution < 1.29 is 36.9 Å². The lowest BCUT2D eigenvalue weighted by Crippen LogP contribution is -2.40. The van der Waals surface area contributed by atoms with Crippen molar-refractivity contribution in [2.24, 2.45) is 11.8 Å². The first kappa shape index (κ1) is 29.4. The Bertz CT molecular complexity index is 1060. The topological polar surface area (TPSA) is 97.4 Å². The second-order valence-electron chi connectivity index (χ2n) is 11.3. The second kappa shape index (κ2) is 12.3. The van der Waals surface area contributed by atoms with Crippen LogP contribution in [0.5, 0.6) is 0 Å². The fourth-order valence-corrected chi connectivity index (χ4v) is 7.73. The highest BCUT2D eigenvalue weighted by atomic mass is 32.2. The summed E-state index contributed by atoms with van der Waals surface area (Å²) in [7, 11) is -1.99. The Morgan fingerprint density at radius 1 is 1.11 bits per heavy atom. The van der Waals surface area contributed by atoms with Crippen LogP contribution in [0.4, 0.5) is 0 Å². The van der Waals surface area contributed by atoms with E-state index in [1.165, 1.54) is 0 Å². The van der Waals surface area contributed by atoms with Crippen molar-refractivity contribution in [3.8, 4) is 0 Å². The molecule has 3 aliphatic heterocycles. The number of aldehydes is 1. The molecule has 3 saturated heterocycles. The molecule has 0 bridgehead atoms. The van der Waals surface area contributed by atoms with Gasteiger partial charge in [0.05, 0.1) is 53.9 Å². The van der Waals surface area contributed by atoms with Crippen LogP contribution in [0.15, 0.2) is 47.4 Å². The van der Waals surface area contributed by atoms with Crippen LogP contribution in [0.1, 0.15) is 52.9 Å². The molecule has 2 unspecified atom stereocenters. The first-order valence-electron chi connectivity index (χ1n) is 13.6. The predicted molar refractivity (Wildman–Crippen MR) is 142 cm³/mol. The molecule has 0 aromatic heterocycles. The minimum absolute atomic E-state index is 0.0427. The lowest BCUT2D eigenvalue weighted by molar-refractivity contribution is -0.144. The van der Waals surface area contributed by atoms with Crippen molar-refractivity contribution in [2.45, 2.75) is 100 Å². The molecule has 3 heterocycles. The first-order chi connectivity index (χ1) is 18.0. The third kappa shape index (κ3) is 6.92. The van der Waals surface area contributed by atoms with Gasteiger partial charge in [-0.15, -0.1) is 0 Å². The van der Waals surface area contributed by atoms with E-state index in [0.29, 0.717) is 32.3 Å². The van der Waals surface area contributed by atoms with Gasteiger partial charge in [0.1, 0.15) is 6.29 Å². The van der Waals surface area contributed by atoms with E-state index in [9.17, 15) is 13.2 Å². The molecule has 0 spiro atoms. The zero-order valence-electron chi connectivity index (χ0n) is 22.9. The molecule has 38 heavy (non-hydrogen) atoms. The van der Waals surface area contributed by atoms with E-state index in [0.717, 1.165) is 18.3 Å². The summed E-state index contributed by atoms with van der Waals surface area (Å²) in [5.41, 5.74) is 0.979. The highest BCUT2D eigenvalue weighted by Gasteiger charge is 2.50. The maximum absolute atomic E-state index is 13.5. The van der Waals surface area contributed by atoms with Crippen LogP contribution in [0.2, 0.25) is 0 Å². The van der Waals surface area contributed by atoms with Crippen molar-refractivity contribution in [3.63, 3.8) is 0 Å². The van der Waals surface area contributed by atoms with Crippen molar-refractivity contribution in [1.29, 1.82) is 0 Å². The van der Waals surface area contributed by atoms with E-state index < -0.39 is 33.8 Å². The van der Waals surface area contributed by atoms with E-state index in [-0.39, 0.29) is 41.0 Å². The van der Waals surface area contributed by atoms with Crippen LogP contribution < -0.4 is 0 Å². The summed E-state index contributed by atoms with van der Waals surface area (Å²) >= 11 is 0. The Balaban J connectivity index is 1.56. The van der Waals surface area contributed by atoms with E-state index in [4.69, 9.17) is 23.7 Å². The van der Waals surface area contributed by atoms with Gasteiger partial charge in [0.2, 0.25) is 0 Å². The van der Waals surface area contributed by atoms with Gasteiger partial charge < -0.3 is 28.5 Å².